The Kier molecular flexibility index (Phi) is 5.07. The lowest BCUT2D eigenvalue weighted by Crippen LogP contribution is -2.54. The van der Waals surface area contributed by atoms with Gasteiger partial charge in [0.2, 0.25) is 0 Å². The summed E-state index contributed by atoms with van der Waals surface area (Å²) in [6, 6.07) is 8.00. The average Bonchev–Trinajstić information content (AvgIpc) is 2.55. The first-order valence-electron chi connectivity index (χ1n) is 8.45. The zero-order valence-electron chi connectivity index (χ0n) is 15.0. The maximum Gasteiger partial charge on any atom is 0.264 e. The Morgan fingerprint density at radius 3 is 1.54 bits per heavy atom. The van der Waals surface area contributed by atoms with Crippen LogP contribution in [0.5, 0.6) is 0 Å². The summed E-state index contributed by atoms with van der Waals surface area (Å²) in [5, 5.41) is 0. The average molecular weight is 401 g/mol. The highest BCUT2D eigenvalue weighted by atomic mass is 32.2. The molecule has 0 saturated heterocycles. The molecule has 8 heteroatoms. The van der Waals surface area contributed by atoms with E-state index in [1.807, 2.05) is 36.4 Å². The van der Waals surface area contributed by atoms with Gasteiger partial charge in [-0.25, -0.2) is 0 Å². The first kappa shape index (κ1) is 19.5. The minimum atomic E-state index is -3.61. The first-order valence-corrected chi connectivity index (χ1v) is 12.1. The maximum atomic E-state index is 11.6. The third-order valence-corrected chi connectivity index (χ3v) is 6.68. The Bertz CT molecular complexity index is 844. The van der Waals surface area contributed by atoms with Crippen LogP contribution in [-0.4, -0.2) is 42.6 Å². The lowest BCUT2D eigenvalue weighted by Gasteiger charge is -2.54. The molecule has 2 aliphatic rings. The van der Waals surface area contributed by atoms with E-state index in [9.17, 15) is 16.8 Å². The van der Waals surface area contributed by atoms with Gasteiger partial charge in [-0.1, -0.05) is 36.4 Å². The van der Waals surface area contributed by atoms with E-state index in [2.05, 4.69) is 0 Å². The quantitative estimate of drug-likeness (QED) is 0.537. The molecule has 1 aromatic carbocycles. The van der Waals surface area contributed by atoms with Crippen LogP contribution in [0.25, 0.3) is 0 Å². The van der Waals surface area contributed by atoms with Crippen molar-refractivity contribution in [1.82, 2.24) is 0 Å². The Hall–Kier alpha value is -1.22. The summed E-state index contributed by atoms with van der Waals surface area (Å²) in [4.78, 5) is 0. The van der Waals surface area contributed by atoms with E-state index in [-0.39, 0.29) is 13.2 Å². The summed E-state index contributed by atoms with van der Waals surface area (Å²) < 4.78 is 57.0. The molecular weight excluding hydrogens is 376 g/mol. The summed E-state index contributed by atoms with van der Waals surface area (Å²) in [6.07, 6.45) is 8.60. The monoisotopic (exact) mass is 400 g/mol. The number of fused-ring (bicyclic) bond motifs is 2. The largest absolute Gasteiger partial charge is 0.270 e. The van der Waals surface area contributed by atoms with Crippen LogP contribution in [-0.2, 0) is 41.4 Å². The second-order valence-electron chi connectivity index (χ2n) is 7.50. The minimum absolute atomic E-state index is 0.0115. The van der Waals surface area contributed by atoms with Gasteiger partial charge in [-0.3, -0.25) is 8.37 Å². The topological polar surface area (TPSA) is 86.7 Å². The van der Waals surface area contributed by atoms with E-state index >= 15 is 0 Å². The second kappa shape index (κ2) is 6.74. The lowest BCUT2D eigenvalue weighted by molar-refractivity contribution is -0.0504. The Morgan fingerprint density at radius 1 is 0.808 bits per heavy atom. The summed E-state index contributed by atoms with van der Waals surface area (Å²) in [5.41, 5.74) is 1.22. The standard InChI is InChI=1S/C18H24O6S2/c1-25(19,20)23-13-17-9-5-6-10-18(17,14-24-26(2,21)22)12-16-8-4-3-7-15(16)11-17/h3-8H,9-14H2,1-2H3/t17-,18+. The molecule has 0 bridgehead atoms. The van der Waals surface area contributed by atoms with Gasteiger partial charge in [0.15, 0.2) is 0 Å². The molecule has 26 heavy (non-hydrogen) atoms. The van der Waals surface area contributed by atoms with Gasteiger partial charge in [-0.05, 0) is 36.8 Å². The molecule has 2 aliphatic carbocycles. The highest BCUT2D eigenvalue weighted by Crippen LogP contribution is 2.56. The lowest BCUT2D eigenvalue weighted by atomic mass is 9.51. The Morgan fingerprint density at radius 2 is 1.19 bits per heavy atom. The molecular formula is C18H24O6S2. The van der Waals surface area contributed by atoms with Crippen molar-refractivity contribution >= 4 is 20.2 Å². The minimum Gasteiger partial charge on any atom is -0.270 e. The van der Waals surface area contributed by atoms with E-state index in [0.29, 0.717) is 25.7 Å². The molecule has 0 radical (unpaired) electrons. The predicted molar refractivity (Wildman–Crippen MR) is 98.7 cm³/mol. The van der Waals surface area contributed by atoms with Gasteiger partial charge in [0.1, 0.15) is 0 Å². The molecule has 0 aliphatic heterocycles. The van der Waals surface area contributed by atoms with Crippen LogP contribution in [0.2, 0.25) is 0 Å². The molecule has 0 saturated carbocycles. The Balaban J connectivity index is 2.05. The fourth-order valence-electron chi connectivity index (χ4n) is 4.17. The number of rotatable bonds is 6. The van der Waals surface area contributed by atoms with Crippen molar-refractivity contribution in [2.75, 3.05) is 25.7 Å². The van der Waals surface area contributed by atoms with Gasteiger partial charge in [-0.2, -0.15) is 16.8 Å². The van der Waals surface area contributed by atoms with Crippen molar-refractivity contribution in [3.05, 3.63) is 47.5 Å². The van der Waals surface area contributed by atoms with Crippen LogP contribution in [0.15, 0.2) is 36.4 Å². The van der Waals surface area contributed by atoms with Gasteiger partial charge in [0.25, 0.3) is 20.2 Å². The molecule has 1 aromatic rings. The third-order valence-electron chi connectivity index (χ3n) is 5.58. The smallest absolute Gasteiger partial charge is 0.264 e. The van der Waals surface area contributed by atoms with Gasteiger partial charge >= 0.3 is 0 Å². The van der Waals surface area contributed by atoms with Gasteiger partial charge in [-0.15, -0.1) is 0 Å². The van der Waals surface area contributed by atoms with Crippen LogP contribution >= 0.6 is 0 Å². The van der Waals surface area contributed by atoms with E-state index in [0.717, 1.165) is 23.6 Å². The highest BCUT2D eigenvalue weighted by Gasteiger charge is 2.55. The van der Waals surface area contributed by atoms with Crippen LogP contribution < -0.4 is 0 Å². The summed E-state index contributed by atoms with van der Waals surface area (Å²) in [7, 11) is -7.22. The summed E-state index contributed by atoms with van der Waals surface area (Å²) >= 11 is 0. The molecule has 2 atom stereocenters. The predicted octanol–water partition coefficient (Wildman–Crippen LogP) is 2.06. The van der Waals surface area contributed by atoms with E-state index in [1.165, 1.54) is 0 Å². The van der Waals surface area contributed by atoms with Crippen LogP contribution in [0.4, 0.5) is 0 Å². The first-order chi connectivity index (χ1) is 12.0. The fraction of sp³-hybridized carbons (Fsp3) is 0.556. The Labute approximate surface area is 155 Å². The molecule has 144 valence electrons. The molecule has 6 nitrogen and oxygen atoms in total. The molecule has 0 fully saturated rings. The normalized spacial score (nSPS) is 28.4. The number of allylic oxidation sites excluding steroid dienone is 2. The van der Waals surface area contributed by atoms with Crippen molar-refractivity contribution in [3.8, 4) is 0 Å². The van der Waals surface area contributed by atoms with Crippen LogP contribution in [0.3, 0.4) is 0 Å². The number of hydrogen-bond donors (Lipinski definition) is 0. The van der Waals surface area contributed by atoms with Crippen molar-refractivity contribution < 1.29 is 25.2 Å². The number of hydrogen-bond acceptors (Lipinski definition) is 6. The molecule has 0 aromatic heterocycles. The molecule has 0 heterocycles. The molecule has 0 unspecified atom stereocenters. The summed E-state index contributed by atoms with van der Waals surface area (Å²) in [6.45, 7) is 0.0231. The van der Waals surface area contributed by atoms with Crippen molar-refractivity contribution in [2.24, 2.45) is 10.8 Å². The van der Waals surface area contributed by atoms with Gasteiger partial charge in [0, 0.05) is 10.8 Å². The molecule has 0 amide bonds. The zero-order valence-corrected chi connectivity index (χ0v) is 16.6. The van der Waals surface area contributed by atoms with Crippen LogP contribution in [0, 0.1) is 10.8 Å². The van der Waals surface area contributed by atoms with Gasteiger partial charge < -0.3 is 0 Å². The molecule has 0 spiro atoms. The summed E-state index contributed by atoms with van der Waals surface area (Å²) in [5.74, 6) is 0. The van der Waals surface area contributed by atoms with Crippen molar-refractivity contribution in [3.63, 3.8) is 0 Å². The molecule has 3 rings (SSSR count). The molecule has 0 N–H and O–H groups in total. The second-order valence-corrected chi connectivity index (χ2v) is 10.8. The van der Waals surface area contributed by atoms with Crippen LogP contribution in [0.1, 0.15) is 24.0 Å². The van der Waals surface area contributed by atoms with E-state index < -0.39 is 31.1 Å². The third kappa shape index (κ3) is 4.03. The highest BCUT2D eigenvalue weighted by molar-refractivity contribution is 7.86. The fourth-order valence-corrected chi connectivity index (χ4v) is 5.05. The maximum absolute atomic E-state index is 11.6. The SMILES string of the molecule is CS(=O)(=O)OC[C@]12CC=CC[C@@]1(COS(C)(=O)=O)Cc1ccccc1C2. The van der Waals surface area contributed by atoms with Crippen molar-refractivity contribution in [1.29, 1.82) is 0 Å². The van der Waals surface area contributed by atoms with Gasteiger partial charge in [0.05, 0.1) is 25.7 Å². The van der Waals surface area contributed by atoms with E-state index in [1.54, 1.807) is 0 Å². The zero-order chi connectivity index (χ0) is 19.1. The van der Waals surface area contributed by atoms with Crippen molar-refractivity contribution in [2.45, 2.75) is 25.7 Å². The number of benzene rings is 1. The van der Waals surface area contributed by atoms with E-state index in [4.69, 9.17) is 8.37 Å².